The van der Waals surface area contributed by atoms with E-state index in [2.05, 4.69) is 15.4 Å². The van der Waals surface area contributed by atoms with E-state index in [0.29, 0.717) is 29.1 Å². The van der Waals surface area contributed by atoms with Gasteiger partial charge in [0.1, 0.15) is 11.5 Å². The van der Waals surface area contributed by atoms with E-state index >= 15 is 0 Å². The van der Waals surface area contributed by atoms with Crippen LogP contribution in [0.25, 0.3) is 16.7 Å². The van der Waals surface area contributed by atoms with Gasteiger partial charge < -0.3 is 15.6 Å². The molecule has 0 atom stereocenters. The lowest BCUT2D eigenvalue weighted by Crippen LogP contribution is -2.22. The normalized spacial score (nSPS) is 11.8. The van der Waals surface area contributed by atoms with Crippen molar-refractivity contribution in [3.8, 4) is 5.69 Å². The molecule has 3 N–H and O–H groups in total. The summed E-state index contributed by atoms with van der Waals surface area (Å²) >= 11 is 0. The quantitative estimate of drug-likeness (QED) is 0.380. The van der Waals surface area contributed by atoms with Crippen molar-refractivity contribution in [3.05, 3.63) is 66.2 Å². The second kappa shape index (κ2) is 9.31. The molecule has 0 aliphatic rings. The summed E-state index contributed by atoms with van der Waals surface area (Å²) in [5.41, 5.74) is 8.06. The van der Waals surface area contributed by atoms with E-state index in [1.807, 2.05) is 11.6 Å². The Labute approximate surface area is 202 Å². The number of nitrogens with two attached hydrogens (primary N) is 1. The third-order valence-corrected chi connectivity index (χ3v) is 7.37. The van der Waals surface area contributed by atoms with Crippen LogP contribution in [0, 0.1) is 0 Å². The smallest absolute Gasteiger partial charge is 0.269 e. The van der Waals surface area contributed by atoms with Gasteiger partial charge in [-0.3, -0.25) is 9.59 Å². The summed E-state index contributed by atoms with van der Waals surface area (Å²) in [6.07, 6.45) is 2.21. The van der Waals surface area contributed by atoms with E-state index in [1.165, 1.54) is 24.8 Å². The van der Waals surface area contributed by atoms with Crippen LogP contribution in [0.4, 0.5) is 5.69 Å². The highest BCUT2D eigenvalue weighted by molar-refractivity contribution is 7.89. The highest BCUT2D eigenvalue weighted by atomic mass is 32.2. The van der Waals surface area contributed by atoms with Gasteiger partial charge in [-0.15, -0.1) is 0 Å². The Bertz CT molecular complexity index is 1520. The Balaban J connectivity index is 1.41. The monoisotopic (exact) mass is 495 g/mol. The molecule has 11 nitrogen and oxygen atoms in total. The minimum Gasteiger partial charge on any atom is -0.364 e. The number of nitrogens with zero attached hydrogens (tertiary/aromatic N) is 5. The maximum absolute atomic E-state index is 12.5. The van der Waals surface area contributed by atoms with Gasteiger partial charge in [-0.1, -0.05) is 0 Å². The highest BCUT2D eigenvalue weighted by Crippen LogP contribution is 2.22. The van der Waals surface area contributed by atoms with Gasteiger partial charge in [-0.05, 0) is 48.5 Å². The Hall–Kier alpha value is -4.03. The average Bonchev–Trinajstić information content (AvgIpc) is 3.43. The maximum atomic E-state index is 12.5. The van der Waals surface area contributed by atoms with Gasteiger partial charge in [-0.25, -0.2) is 22.4 Å². The first kappa shape index (κ1) is 24.1. The molecule has 0 aliphatic carbocycles. The van der Waals surface area contributed by atoms with Crippen molar-refractivity contribution in [2.75, 3.05) is 19.4 Å². The van der Waals surface area contributed by atoms with E-state index in [9.17, 15) is 18.0 Å². The van der Waals surface area contributed by atoms with Gasteiger partial charge in [0.15, 0.2) is 0 Å². The van der Waals surface area contributed by atoms with Gasteiger partial charge in [0.05, 0.1) is 21.6 Å². The number of primary amides is 1. The third-order valence-electron chi connectivity index (χ3n) is 5.56. The summed E-state index contributed by atoms with van der Waals surface area (Å²) in [4.78, 5) is 28.4. The molecule has 2 aromatic heterocycles. The highest BCUT2D eigenvalue weighted by Gasteiger charge is 2.19. The average molecular weight is 496 g/mol. The van der Waals surface area contributed by atoms with Crippen molar-refractivity contribution in [2.24, 2.45) is 12.8 Å². The van der Waals surface area contributed by atoms with Crippen LogP contribution >= 0.6 is 0 Å². The first-order valence-electron chi connectivity index (χ1n) is 10.7. The molecule has 0 saturated carbocycles. The number of anilines is 1. The van der Waals surface area contributed by atoms with Crippen LogP contribution in [0.15, 0.2) is 59.6 Å². The van der Waals surface area contributed by atoms with Crippen molar-refractivity contribution in [2.45, 2.75) is 17.7 Å². The summed E-state index contributed by atoms with van der Waals surface area (Å²) in [6, 6.07) is 13.3. The van der Waals surface area contributed by atoms with Crippen LogP contribution in [0.3, 0.4) is 0 Å². The molecule has 2 aromatic carbocycles. The zero-order valence-electron chi connectivity index (χ0n) is 19.5. The molecule has 4 rings (SSSR count). The number of carbonyl (C=O) groups excluding carboxylic acids is 2. The lowest BCUT2D eigenvalue weighted by molar-refractivity contribution is -0.116. The van der Waals surface area contributed by atoms with Gasteiger partial charge >= 0.3 is 0 Å². The van der Waals surface area contributed by atoms with Crippen molar-refractivity contribution in [1.82, 2.24) is 23.6 Å². The predicted octanol–water partition coefficient (Wildman–Crippen LogP) is 1.68. The first-order valence-corrected chi connectivity index (χ1v) is 12.1. The summed E-state index contributed by atoms with van der Waals surface area (Å²) in [6.45, 7) is 0. The molecule has 12 heteroatoms. The number of nitrogens with one attached hydrogen (secondary N) is 1. The number of sulfonamides is 1. The Morgan fingerprint density at radius 2 is 1.80 bits per heavy atom. The number of amides is 2. The molecule has 0 saturated heterocycles. The van der Waals surface area contributed by atoms with E-state index in [0.717, 1.165) is 9.82 Å². The molecule has 182 valence electrons. The SMILES string of the molecule is CN(C)S(=O)(=O)c1ccc2c(c1)nc(CCC(=O)Nc1ccc(-n3ccc(C(N)=O)n3)cc1)n2C. The van der Waals surface area contributed by atoms with E-state index in [1.54, 1.807) is 48.7 Å². The number of hydrogen-bond donors (Lipinski definition) is 2. The number of fused-ring (bicyclic) bond motifs is 1. The fourth-order valence-electron chi connectivity index (χ4n) is 3.57. The Morgan fingerprint density at radius 1 is 1.09 bits per heavy atom. The first-order chi connectivity index (χ1) is 16.6. The number of aromatic nitrogens is 4. The van der Waals surface area contributed by atoms with Crippen LogP contribution in [-0.4, -0.2) is 58.0 Å². The lowest BCUT2D eigenvalue weighted by Gasteiger charge is -2.10. The van der Waals surface area contributed by atoms with Crippen LogP contribution in [0.5, 0.6) is 0 Å². The van der Waals surface area contributed by atoms with Crippen molar-refractivity contribution < 1.29 is 18.0 Å². The zero-order valence-corrected chi connectivity index (χ0v) is 20.3. The number of carbonyl (C=O) groups is 2. The summed E-state index contributed by atoms with van der Waals surface area (Å²) < 4.78 is 29.3. The molecule has 2 heterocycles. The summed E-state index contributed by atoms with van der Waals surface area (Å²) in [5, 5.41) is 6.94. The molecule has 0 bridgehead atoms. The number of aryl methyl sites for hydroxylation is 2. The fourth-order valence-corrected chi connectivity index (χ4v) is 4.49. The molecule has 0 aliphatic heterocycles. The third kappa shape index (κ3) is 4.93. The van der Waals surface area contributed by atoms with Crippen LogP contribution in [0.1, 0.15) is 22.7 Å². The van der Waals surface area contributed by atoms with Gasteiger partial charge in [0.25, 0.3) is 5.91 Å². The molecule has 0 unspecified atom stereocenters. The summed E-state index contributed by atoms with van der Waals surface area (Å²) in [7, 11) is 1.23. The van der Waals surface area contributed by atoms with Crippen molar-refractivity contribution in [3.63, 3.8) is 0 Å². The molecule has 0 radical (unpaired) electrons. The van der Waals surface area contributed by atoms with Crippen LogP contribution in [-0.2, 0) is 28.3 Å². The second-order valence-electron chi connectivity index (χ2n) is 8.13. The molecule has 4 aromatic rings. The lowest BCUT2D eigenvalue weighted by atomic mass is 10.2. The fraction of sp³-hybridized carbons (Fsp3) is 0.217. The topological polar surface area (TPSA) is 145 Å². The minimum absolute atomic E-state index is 0.167. The number of benzene rings is 2. The van der Waals surface area contributed by atoms with Crippen molar-refractivity contribution in [1.29, 1.82) is 0 Å². The van der Waals surface area contributed by atoms with Crippen LogP contribution < -0.4 is 11.1 Å². The molecule has 0 fully saturated rings. The van der Waals surface area contributed by atoms with E-state index < -0.39 is 15.9 Å². The molecule has 0 spiro atoms. The van der Waals surface area contributed by atoms with Gasteiger partial charge in [-0.2, -0.15) is 5.10 Å². The Morgan fingerprint density at radius 3 is 2.43 bits per heavy atom. The number of hydrogen-bond acceptors (Lipinski definition) is 6. The van der Waals surface area contributed by atoms with E-state index in [-0.39, 0.29) is 22.9 Å². The number of rotatable bonds is 8. The molecular weight excluding hydrogens is 470 g/mol. The maximum Gasteiger partial charge on any atom is 0.269 e. The predicted molar refractivity (Wildman–Crippen MR) is 131 cm³/mol. The van der Waals surface area contributed by atoms with Gasteiger partial charge in [0, 0.05) is 45.9 Å². The van der Waals surface area contributed by atoms with Crippen molar-refractivity contribution >= 4 is 38.6 Å². The van der Waals surface area contributed by atoms with E-state index in [4.69, 9.17) is 5.73 Å². The van der Waals surface area contributed by atoms with Gasteiger partial charge in [0.2, 0.25) is 15.9 Å². The molecule has 2 amide bonds. The largest absolute Gasteiger partial charge is 0.364 e. The molecular formula is C23H25N7O4S. The minimum atomic E-state index is -3.56. The number of imidazole rings is 1. The molecule has 35 heavy (non-hydrogen) atoms. The standard InChI is InChI=1S/C23H25N7O4S/c1-28(2)35(33,34)17-8-9-20-19(14-17)26-21(29(20)3)10-11-22(31)25-15-4-6-16(7-5-15)30-13-12-18(27-30)23(24)32/h4-9,12-14H,10-11H2,1-3H3,(H2,24,32)(H,25,31). The zero-order chi connectivity index (χ0) is 25.3. The second-order valence-corrected chi connectivity index (χ2v) is 10.3. The Kier molecular flexibility index (Phi) is 6.41. The van der Waals surface area contributed by atoms with Crippen LogP contribution in [0.2, 0.25) is 0 Å². The summed E-state index contributed by atoms with van der Waals surface area (Å²) in [5.74, 6) is -0.114.